The number of carbonyl (C=O) groups excluding carboxylic acids is 1. The number of ether oxygens (including phenoxy) is 1. The van der Waals surface area contributed by atoms with Crippen LogP contribution in [0.1, 0.15) is 30.7 Å². The molecule has 1 atom stereocenters. The van der Waals surface area contributed by atoms with Crippen LogP contribution in [0, 0.1) is 11.3 Å². The predicted octanol–water partition coefficient (Wildman–Crippen LogP) is 3.78. The molecule has 0 aliphatic carbocycles. The molecule has 1 heterocycles. The highest BCUT2D eigenvalue weighted by Crippen LogP contribution is 2.22. The Morgan fingerprint density at radius 2 is 1.96 bits per heavy atom. The number of Topliss-reactive ketones (excluding diaryl/α,β-unsaturated/α-hetero) is 1. The standard InChI is InChI=1S/C21H21N3O2/c1-3-6-15-9-11-16(12-10-15)26-14-20(25)17(13-22)21-23-18-7-4-5-8-19(18)24(21)2/h4-5,7-12,17H,3,6,14H2,1-2H3. The van der Waals surface area contributed by atoms with Crippen molar-refractivity contribution in [1.29, 1.82) is 5.26 Å². The zero-order valence-corrected chi connectivity index (χ0v) is 15.0. The van der Waals surface area contributed by atoms with Gasteiger partial charge >= 0.3 is 0 Å². The molecule has 2 aromatic carbocycles. The van der Waals surface area contributed by atoms with E-state index in [4.69, 9.17) is 4.74 Å². The van der Waals surface area contributed by atoms with Gasteiger partial charge in [-0.05, 0) is 36.2 Å². The first-order valence-electron chi connectivity index (χ1n) is 8.69. The van der Waals surface area contributed by atoms with Crippen molar-refractivity contribution in [1.82, 2.24) is 9.55 Å². The number of hydrogen-bond donors (Lipinski definition) is 0. The van der Waals surface area contributed by atoms with Gasteiger partial charge in [-0.15, -0.1) is 0 Å². The highest BCUT2D eigenvalue weighted by molar-refractivity contribution is 5.90. The molecule has 0 aliphatic rings. The number of imidazole rings is 1. The molecule has 0 saturated carbocycles. The Kier molecular flexibility index (Phi) is 5.33. The fraction of sp³-hybridized carbons (Fsp3) is 0.286. The van der Waals surface area contributed by atoms with E-state index >= 15 is 0 Å². The average Bonchev–Trinajstić information content (AvgIpc) is 2.99. The van der Waals surface area contributed by atoms with Crippen molar-refractivity contribution in [3.05, 3.63) is 59.9 Å². The normalized spacial score (nSPS) is 11.9. The van der Waals surface area contributed by atoms with E-state index in [1.165, 1.54) is 5.56 Å². The van der Waals surface area contributed by atoms with E-state index in [0.29, 0.717) is 11.6 Å². The van der Waals surface area contributed by atoms with Crippen molar-refractivity contribution in [3.63, 3.8) is 0 Å². The number of fused-ring (bicyclic) bond motifs is 1. The maximum atomic E-state index is 12.5. The summed E-state index contributed by atoms with van der Waals surface area (Å²) < 4.78 is 7.37. The Bertz CT molecular complexity index is 952. The zero-order valence-electron chi connectivity index (χ0n) is 15.0. The summed E-state index contributed by atoms with van der Waals surface area (Å²) in [5.41, 5.74) is 2.90. The fourth-order valence-electron chi connectivity index (χ4n) is 2.97. The fourth-order valence-corrected chi connectivity index (χ4v) is 2.97. The molecule has 0 N–H and O–H groups in total. The number of aromatic nitrogens is 2. The van der Waals surface area contributed by atoms with Gasteiger partial charge in [-0.1, -0.05) is 37.6 Å². The average molecular weight is 347 g/mol. The molecule has 0 aliphatic heterocycles. The molecule has 5 nitrogen and oxygen atoms in total. The Labute approximate surface area is 152 Å². The molecule has 0 radical (unpaired) electrons. The molecule has 1 aromatic heterocycles. The molecule has 3 rings (SSSR count). The minimum absolute atomic E-state index is 0.158. The Balaban J connectivity index is 1.72. The number of nitrogens with zero attached hydrogens (tertiary/aromatic N) is 3. The topological polar surface area (TPSA) is 67.9 Å². The molecular weight excluding hydrogens is 326 g/mol. The van der Waals surface area contributed by atoms with Crippen molar-refractivity contribution in [2.24, 2.45) is 7.05 Å². The molecule has 5 heteroatoms. The van der Waals surface area contributed by atoms with Gasteiger partial charge in [-0.3, -0.25) is 4.79 Å². The number of hydrogen-bond acceptors (Lipinski definition) is 4. The monoisotopic (exact) mass is 347 g/mol. The lowest BCUT2D eigenvalue weighted by Crippen LogP contribution is -2.21. The smallest absolute Gasteiger partial charge is 0.194 e. The number of carbonyl (C=O) groups is 1. The minimum atomic E-state index is -0.952. The van der Waals surface area contributed by atoms with Crippen molar-refractivity contribution in [3.8, 4) is 11.8 Å². The first kappa shape index (κ1) is 17.7. The summed E-state index contributed by atoms with van der Waals surface area (Å²) in [4.78, 5) is 17.0. The maximum absolute atomic E-state index is 12.5. The number of ketones is 1. The SMILES string of the molecule is CCCc1ccc(OCC(=O)C(C#N)c2nc3ccccc3n2C)cc1. The summed E-state index contributed by atoms with van der Waals surface area (Å²) in [5, 5.41) is 9.51. The summed E-state index contributed by atoms with van der Waals surface area (Å²) in [5.74, 6) is -0.184. The van der Waals surface area contributed by atoms with Gasteiger partial charge in [0.1, 0.15) is 18.2 Å². The third-order valence-corrected chi connectivity index (χ3v) is 4.37. The summed E-state index contributed by atoms with van der Waals surface area (Å²) in [6, 6.07) is 17.3. The van der Waals surface area contributed by atoms with Crippen LogP contribution in [-0.4, -0.2) is 21.9 Å². The van der Waals surface area contributed by atoms with E-state index in [-0.39, 0.29) is 12.4 Å². The summed E-state index contributed by atoms with van der Waals surface area (Å²) in [6.45, 7) is 1.97. The largest absolute Gasteiger partial charge is 0.486 e. The first-order chi connectivity index (χ1) is 12.6. The van der Waals surface area contributed by atoms with Crippen LogP contribution in [0.5, 0.6) is 5.75 Å². The first-order valence-corrected chi connectivity index (χ1v) is 8.69. The molecular formula is C21H21N3O2. The molecule has 0 spiro atoms. The lowest BCUT2D eigenvalue weighted by Gasteiger charge is -2.10. The van der Waals surface area contributed by atoms with Gasteiger partial charge in [-0.25, -0.2) is 4.98 Å². The second-order valence-electron chi connectivity index (χ2n) is 6.23. The van der Waals surface area contributed by atoms with Crippen LogP contribution in [0.3, 0.4) is 0 Å². The number of nitriles is 1. The Hall–Kier alpha value is -3.13. The van der Waals surface area contributed by atoms with Gasteiger partial charge in [0.25, 0.3) is 0 Å². The highest BCUT2D eigenvalue weighted by Gasteiger charge is 2.26. The second-order valence-corrected chi connectivity index (χ2v) is 6.23. The van der Waals surface area contributed by atoms with Crippen molar-refractivity contribution in [2.45, 2.75) is 25.7 Å². The van der Waals surface area contributed by atoms with Crippen molar-refractivity contribution >= 4 is 16.8 Å². The van der Waals surface area contributed by atoms with Gasteiger partial charge in [-0.2, -0.15) is 5.26 Å². The van der Waals surface area contributed by atoms with Crippen LogP contribution < -0.4 is 4.74 Å². The number of aryl methyl sites for hydroxylation is 2. The van der Waals surface area contributed by atoms with E-state index in [1.54, 1.807) is 4.57 Å². The van der Waals surface area contributed by atoms with Gasteiger partial charge in [0, 0.05) is 7.05 Å². The summed E-state index contributed by atoms with van der Waals surface area (Å²) in [6.07, 6.45) is 2.10. The molecule has 3 aromatic rings. The highest BCUT2D eigenvalue weighted by atomic mass is 16.5. The lowest BCUT2D eigenvalue weighted by atomic mass is 10.1. The molecule has 0 saturated heterocycles. The van der Waals surface area contributed by atoms with Crippen LogP contribution in [0.2, 0.25) is 0 Å². The van der Waals surface area contributed by atoms with Gasteiger partial charge in [0.2, 0.25) is 0 Å². The van der Waals surface area contributed by atoms with Crippen LogP contribution in [-0.2, 0) is 18.3 Å². The van der Waals surface area contributed by atoms with E-state index in [2.05, 4.69) is 18.0 Å². The third-order valence-electron chi connectivity index (χ3n) is 4.37. The molecule has 1 unspecified atom stereocenters. The lowest BCUT2D eigenvalue weighted by molar-refractivity contribution is -0.121. The molecule has 26 heavy (non-hydrogen) atoms. The van der Waals surface area contributed by atoms with E-state index < -0.39 is 5.92 Å². The van der Waals surface area contributed by atoms with Crippen LogP contribution in [0.4, 0.5) is 0 Å². The molecule has 132 valence electrons. The second kappa shape index (κ2) is 7.83. The summed E-state index contributed by atoms with van der Waals surface area (Å²) >= 11 is 0. The van der Waals surface area contributed by atoms with Crippen molar-refractivity contribution < 1.29 is 9.53 Å². The van der Waals surface area contributed by atoms with E-state index in [0.717, 1.165) is 23.9 Å². The zero-order chi connectivity index (χ0) is 18.5. The minimum Gasteiger partial charge on any atom is -0.486 e. The summed E-state index contributed by atoms with van der Waals surface area (Å²) in [7, 11) is 1.82. The van der Waals surface area contributed by atoms with Crippen LogP contribution in [0.25, 0.3) is 11.0 Å². The number of rotatable bonds is 7. The van der Waals surface area contributed by atoms with Gasteiger partial charge in [0.05, 0.1) is 17.1 Å². The van der Waals surface area contributed by atoms with E-state index in [9.17, 15) is 10.1 Å². The number of benzene rings is 2. The van der Waals surface area contributed by atoms with Crippen molar-refractivity contribution in [2.75, 3.05) is 6.61 Å². The van der Waals surface area contributed by atoms with Gasteiger partial charge in [0.15, 0.2) is 11.7 Å². The van der Waals surface area contributed by atoms with E-state index in [1.807, 2.05) is 55.6 Å². The molecule has 0 bridgehead atoms. The van der Waals surface area contributed by atoms with Crippen LogP contribution in [0.15, 0.2) is 48.5 Å². The Morgan fingerprint density at radius 1 is 1.23 bits per heavy atom. The maximum Gasteiger partial charge on any atom is 0.194 e. The Morgan fingerprint density at radius 3 is 2.62 bits per heavy atom. The molecule has 0 amide bonds. The third kappa shape index (κ3) is 3.60. The predicted molar refractivity (Wildman–Crippen MR) is 100 cm³/mol. The quantitative estimate of drug-likeness (QED) is 0.652. The van der Waals surface area contributed by atoms with Crippen LogP contribution >= 0.6 is 0 Å². The number of para-hydroxylation sites is 2. The molecule has 0 fully saturated rings. The van der Waals surface area contributed by atoms with Gasteiger partial charge < -0.3 is 9.30 Å².